The van der Waals surface area contributed by atoms with Gasteiger partial charge in [0.2, 0.25) is 9.84 Å². The number of likely N-dealkylation sites (N-methyl/N-ethyl adjacent to an activating group) is 1. The van der Waals surface area contributed by atoms with Gasteiger partial charge in [0.15, 0.2) is 0 Å². The van der Waals surface area contributed by atoms with Crippen LogP contribution in [0.4, 0.5) is 4.39 Å². The summed E-state index contributed by atoms with van der Waals surface area (Å²) in [6.45, 7) is 4.04. The molecule has 1 saturated heterocycles. The summed E-state index contributed by atoms with van der Waals surface area (Å²) >= 11 is 0. The lowest BCUT2D eigenvalue weighted by Gasteiger charge is -2.15. The van der Waals surface area contributed by atoms with Crippen LogP contribution in [0.1, 0.15) is 29.9 Å². The van der Waals surface area contributed by atoms with Gasteiger partial charge >= 0.3 is 0 Å². The molecule has 1 aliphatic heterocycles. The third-order valence-electron chi connectivity index (χ3n) is 5.48. The van der Waals surface area contributed by atoms with E-state index in [1.54, 1.807) is 18.2 Å². The van der Waals surface area contributed by atoms with Gasteiger partial charge in [-0.05, 0) is 62.2 Å². The normalized spacial score (nSPS) is 23.3. The molecule has 1 aromatic heterocycles. The van der Waals surface area contributed by atoms with E-state index in [1.807, 2.05) is 13.0 Å². The fraction of sp³-hybridized carbons (Fsp3) is 0.400. The second-order valence-electron chi connectivity index (χ2n) is 7.37. The number of aromatic amines is 1. The Morgan fingerprint density at radius 2 is 2.12 bits per heavy atom. The van der Waals surface area contributed by atoms with E-state index in [1.165, 1.54) is 17.8 Å². The average Bonchev–Trinajstić information content (AvgIpc) is 3.20. The molecule has 26 heavy (non-hydrogen) atoms. The second kappa shape index (κ2) is 6.35. The zero-order valence-corrected chi connectivity index (χ0v) is 15.8. The first kappa shape index (κ1) is 17.5. The molecule has 1 aromatic carbocycles. The quantitative estimate of drug-likeness (QED) is 0.893. The lowest BCUT2D eigenvalue weighted by molar-refractivity contribution is 0.411. The number of aryl methyl sites for hydroxylation is 1. The van der Waals surface area contributed by atoms with E-state index in [2.05, 4.69) is 16.9 Å². The fourth-order valence-electron chi connectivity index (χ4n) is 4.06. The predicted octanol–water partition coefficient (Wildman–Crippen LogP) is 1.88. The van der Waals surface area contributed by atoms with Crippen molar-refractivity contribution in [3.05, 3.63) is 46.1 Å². The van der Waals surface area contributed by atoms with Crippen molar-refractivity contribution in [2.75, 3.05) is 20.1 Å². The maximum absolute atomic E-state index is 13.7. The van der Waals surface area contributed by atoms with E-state index in [0.717, 1.165) is 25.1 Å². The number of nitrogens with zero attached hydrogens (tertiary/aromatic N) is 1. The number of rotatable bonds is 3. The lowest BCUT2D eigenvalue weighted by Crippen LogP contribution is -2.31. The molecule has 1 fully saturated rings. The Morgan fingerprint density at radius 1 is 1.31 bits per heavy atom. The van der Waals surface area contributed by atoms with Gasteiger partial charge < -0.3 is 9.88 Å². The summed E-state index contributed by atoms with van der Waals surface area (Å²) in [6, 6.07) is 5.38. The summed E-state index contributed by atoms with van der Waals surface area (Å²) in [5, 5.41) is 1.13. The molecule has 0 radical (unpaired) electrons. The molecule has 2 unspecified atom stereocenters. The molecule has 4 rings (SSSR count). The number of hydrogen-bond donors (Lipinski definition) is 1. The van der Waals surface area contributed by atoms with Crippen molar-refractivity contribution in [1.29, 1.82) is 0 Å². The van der Waals surface area contributed by atoms with E-state index in [-0.39, 0.29) is 16.2 Å². The molecule has 6 heteroatoms. The smallest absolute Gasteiger partial charge is 0.208 e. The molecule has 138 valence electrons. The summed E-state index contributed by atoms with van der Waals surface area (Å²) in [5.74, 6) is 0.451. The van der Waals surface area contributed by atoms with Gasteiger partial charge in [-0.15, -0.1) is 0 Å². The average molecular weight is 374 g/mol. The van der Waals surface area contributed by atoms with Crippen LogP contribution in [0, 0.1) is 6.92 Å². The van der Waals surface area contributed by atoms with Crippen molar-refractivity contribution < 1.29 is 12.8 Å². The van der Waals surface area contributed by atoms with Gasteiger partial charge in [-0.1, -0.05) is 12.1 Å². The van der Waals surface area contributed by atoms with Crippen molar-refractivity contribution in [2.45, 2.75) is 41.6 Å². The van der Waals surface area contributed by atoms with Crippen LogP contribution in [0.2, 0.25) is 0 Å². The summed E-state index contributed by atoms with van der Waals surface area (Å²) in [5.41, 5.74) is 2.21. The summed E-state index contributed by atoms with van der Waals surface area (Å²) in [4.78, 5) is 5.67. The monoisotopic (exact) mass is 374 g/mol. The van der Waals surface area contributed by atoms with Crippen molar-refractivity contribution in [2.24, 2.45) is 0 Å². The van der Waals surface area contributed by atoms with E-state index in [4.69, 9.17) is 0 Å². The van der Waals surface area contributed by atoms with Crippen LogP contribution in [-0.2, 0) is 9.84 Å². The van der Waals surface area contributed by atoms with Crippen LogP contribution in [0.3, 0.4) is 0 Å². The minimum Gasteiger partial charge on any atom is -0.360 e. The van der Waals surface area contributed by atoms with E-state index < -0.39 is 16.0 Å². The second-order valence-corrected chi connectivity index (χ2v) is 9.29. The topological polar surface area (TPSA) is 53.2 Å². The number of fused-ring (bicyclic) bond motifs is 1. The maximum Gasteiger partial charge on any atom is 0.208 e. The predicted molar refractivity (Wildman–Crippen MR) is 100.0 cm³/mol. The molecule has 0 amide bonds. The number of alkyl halides is 1. The van der Waals surface area contributed by atoms with Crippen LogP contribution in [0.25, 0.3) is 12.2 Å². The third kappa shape index (κ3) is 2.91. The third-order valence-corrected chi connectivity index (χ3v) is 7.27. The zero-order valence-electron chi connectivity index (χ0n) is 15.0. The molecule has 4 nitrogen and oxygen atoms in total. The molecule has 0 bridgehead atoms. The highest BCUT2D eigenvalue weighted by Crippen LogP contribution is 2.30. The number of sulfone groups is 1. The number of halogens is 1. The van der Waals surface area contributed by atoms with Crippen LogP contribution in [0.5, 0.6) is 0 Å². The highest BCUT2D eigenvalue weighted by atomic mass is 32.2. The van der Waals surface area contributed by atoms with Crippen LogP contribution < -0.4 is 10.6 Å². The van der Waals surface area contributed by atoms with Crippen LogP contribution >= 0.6 is 0 Å². The molecular weight excluding hydrogens is 351 g/mol. The number of nitrogens with one attached hydrogen (secondary N) is 1. The first-order valence-electron chi connectivity index (χ1n) is 8.94. The maximum atomic E-state index is 13.7. The van der Waals surface area contributed by atoms with Gasteiger partial charge in [0.25, 0.3) is 0 Å². The molecule has 2 aromatic rings. The van der Waals surface area contributed by atoms with E-state index in [0.29, 0.717) is 16.5 Å². The molecule has 2 atom stereocenters. The standard InChI is InChI=1S/C20H23FN2O2S/c1-13-9-16(4-5-17(13)14-7-8-23(2)12-14)26(24,25)20-11-22-19-6-3-15(21)10-18(19)20/h4-6,9-11,14-15,22H,3,7-8,12H2,1-2H3. The van der Waals surface area contributed by atoms with Gasteiger partial charge in [-0.3, -0.25) is 0 Å². The minimum atomic E-state index is -3.69. The van der Waals surface area contributed by atoms with Gasteiger partial charge in [0.05, 0.1) is 9.79 Å². The molecular formula is C20H23FN2O2S. The summed E-state index contributed by atoms with van der Waals surface area (Å²) in [7, 11) is -1.59. The Morgan fingerprint density at radius 3 is 2.81 bits per heavy atom. The van der Waals surface area contributed by atoms with E-state index in [9.17, 15) is 12.8 Å². The Hall–Kier alpha value is -1.92. The number of aromatic nitrogens is 1. The molecule has 1 aliphatic carbocycles. The van der Waals surface area contributed by atoms with Crippen molar-refractivity contribution >= 4 is 22.0 Å². The highest BCUT2D eigenvalue weighted by Gasteiger charge is 2.26. The van der Waals surface area contributed by atoms with Crippen molar-refractivity contribution in [3.8, 4) is 0 Å². The number of H-pyrrole nitrogens is 1. The molecule has 0 spiro atoms. The summed E-state index contributed by atoms with van der Waals surface area (Å²) in [6.07, 6.45) is 4.81. The minimum absolute atomic E-state index is 0.152. The van der Waals surface area contributed by atoms with Crippen LogP contribution in [0.15, 0.2) is 34.2 Å². The van der Waals surface area contributed by atoms with Gasteiger partial charge in [-0.25, -0.2) is 12.8 Å². The lowest BCUT2D eigenvalue weighted by atomic mass is 9.94. The van der Waals surface area contributed by atoms with Gasteiger partial charge in [0, 0.05) is 29.7 Å². The molecule has 2 aliphatic rings. The zero-order chi connectivity index (χ0) is 18.5. The highest BCUT2D eigenvalue weighted by molar-refractivity contribution is 7.91. The Balaban J connectivity index is 1.75. The SMILES string of the molecule is Cc1cc(S(=O)(=O)c2c[nH]c3c2=CC(F)CC=3)ccc1C1CCN(C)C1. The Kier molecular flexibility index (Phi) is 4.28. The molecule has 0 saturated carbocycles. The first-order valence-corrected chi connectivity index (χ1v) is 10.4. The van der Waals surface area contributed by atoms with Crippen molar-refractivity contribution in [3.63, 3.8) is 0 Å². The number of hydrogen-bond acceptors (Lipinski definition) is 3. The fourth-order valence-corrected chi connectivity index (χ4v) is 5.58. The first-order chi connectivity index (χ1) is 12.4. The Bertz CT molecular complexity index is 1070. The van der Waals surface area contributed by atoms with Crippen molar-refractivity contribution in [1.82, 2.24) is 9.88 Å². The molecule has 1 N–H and O–H groups in total. The van der Waals surface area contributed by atoms with E-state index >= 15 is 0 Å². The summed E-state index contributed by atoms with van der Waals surface area (Å²) < 4.78 is 40.0. The van der Waals surface area contributed by atoms with Gasteiger partial charge in [0.1, 0.15) is 6.17 Å². The number of likely N-dealkylation sites (tertiary alicyclic amines) is 1. The van der Waals surface area contributed by atoms with Gasteiger partial charge in [-0.2, -0.15) is 0 Å². The Labute approximate surface area is 153 Å². The number of benzene rings is 1. The molecule has 2 heterocycles. The largest absolute Gasteiger partial charge is 0.360 e. The van der Waals surface area contributed by atoms with Crippen LogP contribution in [-0.4, -0.2) is 44.6 Å².